The van der Waals surface area contributed by atoms with E-state index < -0.39 is 0 Å². The Morgan fingerprint density at radius 1 is 1.22 bits per heavy atom. The molecule has 1 atom stereocenters. The minimum Gasteiger partial charge on any atom is -0.462 e. The lowest BCUT2D eigenvalue weighted by Gasteiger charge is -2.14. The fourth-order valence-electron chi connectivity index (χ4n) is 1.60. The van der Waals surface area contributed by atoms with Gasteiger partial charge in [-0.05, 0) is 19.3 Å². The largest absolute Gasteiger partial charge is 0.462 e. The monoisotopic (exact) mass is 256 g/mol. The van der Waals surface area contributed by atoms with Crippen molar-refractivity contribution in [3.63, 3.8) is 0 Å². The fourth-order valence-corrected chi connectivity index (χ4v) is 1.60. The van der Waals surface area contributed by atoms with Gasteiger partial charge in [-0.2, -0.15) is 0 Å². The molecule has 0 spiro atoms. The zero-order valence-corrected chi connectivity index (χ0v) is 12.2. The van der Waals surface area contributed by atoms with Gasteiger partial charge in [0.15, 0.2) is 0 Å². The summed E-state index contributed by atoms with van der Waals surface area (Å²) in [4.78, 5) is 11.1. The Bertz CT molecular complexity index is 236. The highest BCUT2D eigenvalue weighted by atomic mass is 16.5. The molecule has 0 heterocycles. The van der Waals surface area contributed by atoms with Gasteiger partial charge in [0.25, 0.3) is 0 Å². The molecule has 0 saturated heterocycles. The minimum absolute atomic E-state index is 0.315. The number of ether oxygens (including phenoxy) is 2. The van der Waals surface area contributed by atoms with E-state index in [0.717, 1.165) is 13.0 Å². The Labute approximate surface area is 112 Å². The van der Waals surface area contributed by atoms with E-state index in [2.05, 4.69) is 20.4 Å². The van der Waals surface area contributed by atoms with E-state index >= 15 is 0 Å². The minimum atomic E-state index is -0.315. The zero-order valence-electron chi connectivity index (χ0n) is 12.2. The molecule has 0 aliphatic carbocycles. The number of rotatable bonds is 11. The van der Waals surface area contributed by atoms with Crippen molar-refractivity contribution in [1.29, 1.82) is 0 Å². The Morgan fingerprint density at radius 2 is 1.94 bits per heavy atom. The van der Waals surface area contributed by atoms with Crippen molar-refractivity contribution < 1.29 is 14.3 Å². The number of hydrogen-bond donors (Lipinski definition) is 0. The number of hydrogen-bond acceptors (Lipinski definition) is 3. The number of esters is 1. The number of carbonyl (C=O) groups excluding carboxylic acids is 1. The van der Waals surface area contributed by atoms with E-state index in [-0.39, 0.29) is 5.97 Å². The van der Waals surface area contributed by atoms with Crippen LogP contribution in [0.1, 0.15) is 52.9 Å². The lowest BCUT2D eigenvalue weighted by atomic mass is 10.0. The second-order valence-electron chi connectivity index (χ2n) is 4.76. The quantitative estimate of drug-likeness (QED) is 0.321. The van der Waals surface area contributed by atoms with Crippen LogP contribution in [0.5, 0.6) is 0 Å². The summed E-state index contributed by atoms with van der Waals surface area (Å²) in [6, 6.07) is 0. The number of unbranched alkanes of at least 4 members (excludes halogenated alkanes) is 1. The average molecular weight is 256 g/mol. The molecule has 0 saturated carbocycles. The standard InChI is InChI=1S/C15H28O3/c1-5-7-9-14(6-2)12-17-10-8-11-18-15(16)13(3)4/h14H,3,5-12H2,1-2,4H3. The molecule has 0 aliphatic heterocycles. The normalized spacial score (nSPS) is 12.2. The summed E-state index contributed by atoms with van der Waals surface area (Å²) in [6.45, 7) is 11.5. The first kappa shape index (κ1) is 17.2. The zero-order chi connectivity index (χ0) is 13.8. The van der Waals surface area contributed by atoms with Crippen LogP contribution in [0, 0.1) is 5.92 Å². The molecule has 0 aromatic heterocycles. The topological polar surface area (TPSA) is 35.5 Å². The van der Waals surface area contributed by atoms with E-state index in [9.17, 15) is 4.79 Å². The van der Waals surface area contributed by atoms with Crippen LogP contribution in [0.3, 0.4) is 0 Å². The Kier molecular flexibility index (Phi) is 10.8. The maximum absolute atomic E-state index is 11.1. The van der Waals surface area contributed by atoms with Crippen molar-refractivity contribution in [3.05, 3.63) is 12.2 Å². The third-order valence-corrected chi connectivity index (χ3v) is 2.91. The van der Waals surface area contributed by atoms with Gasteiger partial charge >= 0.3 is 5.97 Å². The maximum Gasteiger partial charge on any atom is 0.333 e. The van der Waals surface area contributed by atoms with Crippen LogP contribution < -0.4 is 0 Å². The van der Waals surface area contributed by atoms with Gasteiger partial charge in [0.1, 0.15) is 0 Å². The summed E-state index contributed by atoms with van der Waals surface area (Å²) in [5, 5.41) is 0. The van der Waals surface area contributed by atoms with Crippen molar-refractivity contribution in [3.8, 4) is 0 Å². The lowest BCUT2D eigenvalue weighted by Crippen LogP contribution is -2.12. The summed E-state index contributed by atoms with van der Waals surface area (Å²) < 4.78 is 10.6. The van der Waals surface area contributed by atoms with Crippen molar-refractivity contribution >= 4 is 5.97 Å². The SMILES string of the molecule is C=C(C)C(=O)OCCCOCC(CC)CCCC. The highest BCUT2D eigenvalue weighted by Crippen LogP contribution is 2.12. The van der Waals surface area contributed by atoms with Crippen LogP contribution in [0.4, 0.5) is 0 Å². The molecule has 0 fully saturated rings. The van der Waals surface area contributed by atoms with E-state index in [4.69, 9.17) is 9.47 Å². The molecule has 0 aliphatic rings. The van der Waals surface area contributed by atoms with Crippen LogP contribution in [0.15, 0.2) is 12.2 Å². The summed E-state index contributed by atoms with van der Waals surface area (Å²) in [5.74, 6) is 0.354. The molecule has 0 rings (SSSR count). The predicted molar refractivity (Wildman–Crippen MR) is 74.5 cm³/mol. The summed E-state index contributed by atoms with van der Waals surface area (Å²) in [5.41, 5.74) is 0.446. The van der Waals surface area contributed by atoms with Gasteiger partial charge in [0.05, 0.1) is 6.61 Å². The summed E-state index contributed by atoms with van der Waals surface area (Å²) in [7, 11) is 0. The maximum atomic E-state index is 11.1. The van der Waals surface area contributed by atoms with E-state index in [1.165, 1.54) is 25.7 Å². The van der Waals surface area contributed by atoms with E-state index in [0.29, 0.717) is 24.7 Å². The molecule has 0 radical (unpaired) electrons. The molecule has 0 aromatic rings. The highest BCUT2D eigenvalue weighted by molar-refractivity contribution is 5.86. The lowest BCUT2D eigenvalue weighted by molar-refractivity contribution is -0.139. The van der Waals surface area contributed by atoms with Crippen LogP contribution in [0.25, 0.3) is 0 Å². The first-order valence-corrected chi connectivity index (χ1v) is 7.02. The van der Waals surface area contributed by atoms with Crippen LogP contribution in [0.2, 0.25) is 0 Å². The van der Waals surface area contributed by atoms with Crippen LogP contribution in [-0.2, 0) is 14.3 Å². The molecule has 0 aromatic carbocycles. The molecule has 3 heteroatoms. The molecular weight excluding hydrogens is 228 g/mol. The Hall–Kier alpha value is -0.830. The molecule has 1 unspecified atom stereocenters. The van der Waals surface area contributed by atoms with Crippen LogP contribution >= 0.6 is 0 Å². The second kappa shape index (κ2) is 11.3. The third kappa shape index (κ3) is 9.23. The molecule has 18 heavy (non-hydrogen) atoms. The average Bonchev–Trinajstić information content (AvgIpc) is 2.36. The fraction of sp³-hybridized carbons (Fsp3) is 0.800. The first-order valence-electron chi connectivity index (χ1n) is 7.02. The summed E-state index contributed by atoms with van der Waals surface area (Å²) >= 11 is 0. The molecule has 0 bridgehead atoms. The second-order valence-corrected chi connectivity index (χ2v) is 4.76. The van der Waals surface area contributed by atoms with E-state index in [1.807, 2.05) is 0 Å². The molecule has 106 valence electrons. The van der Waals surface area contributed by atoms with Gasteiger partial charge in [0.2, 0.25) is 0 Å². The van der Waals surface area contributed by atoms with Crippen molar-refractivity contribution in [2.24, 2.45) is 5.92 Å². The van der Waals surface area contributed by atoms with Gasteiger partial charge in [-0.25, -0.2) is 4.79 Å². The van der Waals surface area contributed by atoms with E-state index in [1.54, 1.807) is 6.92 Å². The van der Waals surface area contributed by atoms with Gasteiger partial charge in [-0.1, -0.05) is 39.7 Å². The predicted octanol–water partition coefficient (Wildman–Crippen LogP) is 3.73. The Balaban J connectivity index is 3.43. The van der Waals surface area contributed by atoms with Gasteiger partial charge in [0, 0.05) is 25.2 Å². The van der Waals surface area contributed by atoms with Crippen LogP contribution in [-0.4, -0.2) is 25.8 Å². The molecular formula is C15H28O3. The molecule has 3 nitrogen and oxygen atoms in total. The highest BCUT2D eigenvalue weighted by Gasteiger charge is 2.06. The Morgan fingerprint density at radius 3 is 2.50 bits per heavy atom. The third-order valence-electron chi connectivity index (χ3n) is 2.91. The van der Waals surface area contributed by atoms with Crippen molar-refractivity contribution in [2.45, 2.75) is 52.9 Å². The van der Waals surface area contributed by atoms with Gasteiger partial charge in [-0.3, -0.25) is 0 Å². The number of carbonyl (C=O) groups is 1. The van der Waals surface area contributed by atoms with Crippen molar-refractivity contribution in [2.75, 3.05) is 19.8 Å². The van der Waals surface area contributed by atoms with Crippen molar-refractivity contribution in [1.82, 2.24) is 0 Å². The van der Waals surface area contributed by atoms with Gasteiger partial charge < -0.3 is 9.47 Å². The van der Waals surface area contributed by atoms with Gasteiger partial charge in [-0.15, -0.1) is 0 Å². The summed E-state index contributed by atoms with van der Waals surface area (Å²) in [6.07, 6.45) is 5.69. The molecule has 0 amide bonds. The smallest absolute Gasteiger partial charge is 0.333 e. The first-order chi connectivity index (χ1) is 8.61. The molecule has 0 N–H and O–H groups in total.